The molecular formula is C30H37BFN5O6. The van der Waals surface area contributed by atoms with Gasteiger partial charge in [0.1, 0.15) is 11.9 Å². The first-order valence-corrected chi connectivity index (χ1v) is 14.3. The second-order valence-electron chi connectivity index (χ2n) is 10.7. The summed E-state index contributed by atoms with van der Waals surface area (Å²) in [6.45, 7) is 5.01. The smallest absolute Gasteiger partial charge is 0.376 e. The van der Waals surface area contributed by atoms with E-state index in [0.29, 0.717) is 23.6 Å². The van der Waals surface area contributed by atoms with Crippen molar-refractivity contribution in [2.45, 2.75) is 51.4 Å². The number of amides is 5. The van der Waals surface area contributed by atoms with E-state index in [2.05, 4.69) is 16.0 Å². The van der Waals surface area contributed by atoms with Crippen molar-refractivity contribution in [3.05, 3.63) is 76.7 Å². The molecule has 2 aromatic rings. The van der Waals surface area contributed by atoms with Crippen LogP contribution in [0.5, 0.6) is 0 Å². The van der Waals surface area contributed by atoms with Gasteiger partial charge in [0.2, 0.25) is 5.91 Å². The summed E-state index contributed by atoms with van der Waals surface area (Å²) >= 11 is 0. The summed E-state index contributed by atoms with van der Waals surface area (Å²) in [6.07, 6.45) is 2.27. The van der Waals surface area contributed by atoms with Crippen molar-refractivity contribution in [2.24, 2.45) is 0 Å². The van der Waals surface area contributed by atoms with E-state index in [-0.39, 0.29) is 30.1 Å². The first-order chi connectivity index (χ1) is 20.6. The molecule has 0 bridgehead atoms. The predicted molar refractivity (Wildman–Crippen MR) is 159 cm³/mol. The Morgan fingerprint density at radius 3 is 2.47 bits per heavy atom. The molecule has 1 atom stereocenters. The van der Waals surface area contributed by atoms with E-state index in [4.69, 9.17) is 4.74 Å². The monoisotopic (exact) mass is 593 g/mol. The maximum Gasteiger partial charge on any atom is 0.376 e. The first kappa shape index (κ1) is 31.7. The summed E-state index contributed by atoms with van der Waals surface area (Å²) in [5, 5.41) is 17.9. The third-order valence-corrected chi connectivity index (χ3v) is 7.82. The van der Waals surface area contributed by atoms with Gasteiger partial charge in [-0.3, -0.25) is 4.79 Å². The summed E-state index contributed by atoms with van der Waals surface area (Å²) in [5.41, 5.74) is 2.44. The van der Waals surface area contributed by atoms with E-state index in [1.54, 1.807) is 6.82 Å². The normalized spacial score (nSPS) is 17.7. The minimum absolute atomic E-state index is 0.0407. The highest BCUT2D eigenvalue weighted by Gasteiger charge is 2.41. The number of allylic oxidation sites excluding steroid dienone is 1. The van der Waals surface area contributed by atoms with Gasteiger partial charge in [0, 0.05) is 24.4 Å². The molecule has 0 radical (unpaired) electrons. The average molecular weight is 593 g/mol. The van der Waals surface area contributed by atoms with Crippen LogP contribution in [0.15, 0.2) is 59.8 Å². The maximum absolute atomic E-state index is 13.6. The van der Waals surface area contributed by atoms with Crippen LogP contribution >= 0.6 is 0 Å². The molecule has 1 fully saturated rings. The number of hydrogen-bond acceptors (Lipinski definition) is 7. The van der Waals surface area contributed by atoms with Crippen molar-refractivity contribution in [3.8, 4) is 0 Å². The number of nitrogens with zero attached hydrogens (tertiary/aromatic N) is 2. The molecule has 11 nitrogen and oxygen atoms in total. The topological polar surface area (TPSA) is 140 Å². The van der Waals surface area contributed by atoms with Crippen LogP contribution in [-0.2, 0) is 14.3 Å². The van der Waals surface area contributed by atoms with E-state index in [9.17, 15) is 28.6 Å². The lowest BCUT2D eigenvalue weighted by molar-refractivity contribution is -0.136. The first-order valence-electron chi connectivity index (χ1n) is 14.3. The highest BCUT2D eigenvalue weighted by atomic mass is 19.1. The van der Waals surface area contributed by atoms with Gasteiger partial charge in [-0.2, -0.15) is 0 Å². The Morgan fingerprint density at radius 1 is 1.12 bits per heavy atom. The number of anilines is 1. The Hall–Kier alpha value is -4.23. The lowest BCUT2D eigenvalue weighted by Crippen LogP contribution is -2.54. The molecule has 5 amide bonds. The van der Waals surface area contributed by atoms with Crippen molar-refractivity contribution in [1.29, 1.82) is 0 Å². The number of carbonyl (C=O) groups excluding carboxylic acids is 4. The second kappa shape index (κ2) is 14.3. The summed E-state index contributed by atoms with van der Waals surface area (Å²) in [5.74, 6) is -1.12. The van der Waals surface area contributed by atoms with Gasteiger partial charge in [-0.15, -0.1) is 0 Å². The largest absolute Gasteiger partial charge is 0.466 e. The minimum atomic E-state index is -1.14. The fraction of sp³-hybridized carbons (Fsp3) is 0.400. The van der Waals surface area contributed by atoms with Crippen LogP contribution < -0.4 is 16.0 Å². The van der Waals surface area contributed by atoms with Gasteiger partial charge in [-0.05, 0) is 87.4 Å². The third-order valence-electron chi connectivity index (χ3n) is 7.82. The summed E-state index contributed by atoms with van der Waals surface area (Å²) in [4.78, 5) is 54.2. The molecule has 13 heteroatoms. The number of rotatable bonds is 9. The Balaban J connectivity index is 1.33. The van der Waals surface area contributed by atoms with Crippen LogP contribution in [0.3, 0.4) is 0 Å². The number of ether oxygens (including phenoxy) is 1. The molecule has 0 saturated carbocycles. The number of urea groups is 2. The Kier molecular flexibility index (Phi) is 10.5. The van der Waals surface area contributed by atoms with Gasteiger partial charge >= 0.3 is 25.1 Å². The van der Waals surface area contributed by atoms with E-state index in [1.807, 2.05) is 29.1 Å². The van der Waals surface area contributed by atoms with Crippen LogP contribution in [0.25, 0.3) is 0 Å². The molecule has 2 aliphatic heterocycles. The van der Waals surface area contributed by atoms with Gasteiger partial charge < -0.3 is 30.5 Å². The van der Waals surface area contributed by atoms with Gasteiger partial charge in [0.05, 0.1) is 12.7 Å². The molecule has 0 spiro atoms. The summed E-state index contributed by atoms with van der Waals surface area (Å²) < 4.78 is 18.5. The number of piperidine rings is 1. The number of carbonyl (C=O) groups is 4. The van der Waals surface area contributed by atoms with Gasteiger partial charge in [0.25, 0.3) is 0 Å². The Bertz CT molecular complexity index is 1380. The van der Waals surface area contributed by atoms with Crippen LogP contribution in [0.4, 0.5) is 19.7 Å². The zero-order valence-corrected chi connectivity index (χ0v) is 24.6. The van der Waals surface area contributed by atoms with Crippen molar-refractivity contribution >= 4 is 36.7 Å². The molecule has 2 heterocycles. The van der Waals surface area contributed by atoms with E-state index < -0.39 is 36.9 Å². The minimum Gasteiger partial charge on any atom is -0.466 e. The summed E-state index contributed by atoms with van der Waals surface area (Å²) in [7, 11) is 0.733. The van der Waals surface area contributed by atoms with Crippen LogP contribution in [0.2, 0.25) is 6.82 Å². The van der Waals surface area contributed by atoms with E-state index in [0.717, 1.165) is 36.4 Å². The van der Waals surface area contributed by atoms with Crippen LogP contribution in [0.1, 0.15) is 55.7 Å². The molecule has 4 rings (SSSR count). The number of imide groups is 1. The quantitative estimate of drug-likeness (QED) is 0.197. The number of methoxy groups -OCH3 is 1. The maximum atomic E-state index is 13.6. The number of hydrogen-bond donors (Lipinski definition) is 4. The SMILES string of the molecule is COC(=O)C1=C(C)NC(=O)N(C(=O)NCCCC(=O)Nc2cccc(C3CCN(B(C)O)CC3)c2)C1c1ccc(F)cc1. The standard InChI is InChI=1S/C30H37BFN5O6/c1-19-26(28(39)43-3)27(21-9-11-23(32)12-10-21)37(30(41)34-19)29(40)33-15-5-8-25(38)35-24-7-4-6-22(18-24)20-13-16-36(17-14-20)31(2)42/h4,6-7,9-12,18,20,27,42H,5,8,13-17H2,1-3H3,(H,33,40)(H,34,41)(H,35,38). The third kappa shape index (κ3) is 7.79. The van der Waals surface area contributed by atoms with E-state index in [1.165, 1.54) is 38.3 Å². The highest BCUT2D eigenvalue weighted by molar-refractivity contribution is 6.45. The average Bonchev–Trinajstić information content (AvgIpc) is 2.99. The van der Waals surface area contributed by atoms with Crippen molar-refractivity contribution in [3.63, 3.8) is 0 Å². The van der Waals surface area contributed by atoms with Gasteiger partial charge in [0.15, 0.2) is 0 Å². The molecule has 1 saturated heterocycles. The van der Waals surface area contributed by atoms with Crippen LogP contribution in [0, 0.1) is 5.82 Å². The second-order valence-corrected chi connectivity index (χ2v) is 10.7. The molecule has 0 aromatic heterocycles. The van der Waals surface area contributed by atoms with E-state index >= 15 is 0 Å². The number of nitrogens with one attached hydrogen (secondary N) is 3. The van der Waals surface area contributed by atoms with Gasteiger partial charge in [-0.1, -0.05) is 24.3 Å². The lowest BCUT2D eigenvalue weighted by Gasteiger charge is -2.36. The summed E-state index contributed by atoms with van der Waals surface area (Å²) in [6, 6.07) is 10.2. The highest BCUT2D eigenvalue weighted by Crippen LogP contribution is 2.34. The molecule has 228 valence electrons. The number of halogens is 1. The molecule has 4 N–H and O–H groups in total. The Morgan fingerprint density at radius 2 is 1.81 bits per heavy atom. The van der Waals surface area contributed by atoms with Gasteiger partial charge in [-0.25, -0.2) is 23.7 Å². The van der Waals surface area contributed by atoms with Crippen molar-refractivity contribution < 1.29 is 33.3 Å². The van der Waals surface area contributed by atoms with Crippen LogP contribution in [-0.4, -0.2) is 72.5 Å². The lowest BCUT2D eigenvalue weighted by atomic mass is 9.79. The Labute approximate surface area is 250 Å². The zero-order valence-electron chi connectivity index (χ0n) is 24.6. The molecule has 1 unspecified atom stereocenters. The molecule has 43 heavy (non-hydrogen) atoms. The van der Waals surface area contributed by atoms with Crippen molar-refractivity contribution in [2.75, 3.05) is 32.1 Å². The van der Waals surface area contributed by atoms with Crippen molar-refractivity contribution in [1.82, 2.24) is 20.3 Å². The molecule has 0 aliphatic carbocycles. The molecule has 2 aromatic carbocycles. The molecule has 2 aliphatic rings. The fourth-order valence-corrected chi connectivity index (χ4v) is 5.51. The predicted octanol–water partition coefficient (Wildman–Crippen LogP) is 3.76. The number of esters is 1. The number of benzene rings is 2. The molecular weight excluding hydrogens is 556 g/mol. The zero-order chi connectivity index (χ0) is 31.1. The fourth-order valence-electron chi connectivity index (χ4n) is 5.51.